The van der Waals surface area contributed by atoms with Gasteiger partial charge < -0.3 is 4.74 Å². The summed E-state index contributed by atoms with van der Waals surface area (Å²) < 4.78 is 128. The van der Waals surface area contributed by atoms with Crippen LogP contribution in [0.3, 0.4) is 0 Å². The van der Waals surface area contributed by atoms with Crippen LogP contribution in [-0.2, 0) is 9.53 Å². The number of ether oxygens (including phenoxy) is 1. The van der Waals surface area contributed by atoms with Crippen molar-refractivity contribution in [1.82, 2.24) is 0 Å². The fourth-order valence-electron chi connectivity index (χ4n) is 1.31. The summed E-state index contributed by atoms with van der Waals surface area (Å²) in [7, 11) is 1.56. The van der Waals surface area contributed by atoms with E-state index in [0.717, 1.165) is 10.8 Å². The van der Waals surface area contributed by atoms with Crippen molar-refractivity contribution in [3.05, 3.63) is 70.2 Å². The molecule has 0 amide bonds. The molecule has 1 aromatic rings. The maximum absolute atomic E-state index is 13.0. The first-order valence-electron chi connectivity index (χ1n) is 7.69. The zero-order chi connectivity index (χ0) is 24.5. The molecule has 1 rings (SSSR count). The third kappa shape index (κ3) is 9.40. The summed E-state index contributed by atoms with van der Waals surface area (Å²) >= 11 is 0. The lowest BCUT2D eigenvalue weighted by molar-refractivity contribution is -0.142. The summed E-state index contributed by atoms with van der Waals surface area (Å²) in [6.07, 6.45) is 0. The molecule has 0 aliphatic carbocycles. The molecule has 0 heterocycles. The second-order valence-electron chi connectivity index (χ2n) is 4.97. The molecular weight excluding hydrogens is 522 g/mol. The highest BCUT2D eigenvalue weighted by molar-refractivity contribution is 8.78. The van der Waals surface area contributed by atoms with Crippen molar-refractivity contribution in [3.63, 3.8) is 0 Å². The minimum atomic E-state index is -2.37. The predicted octanol–water partition coefficient (Wildman–Crippen LogP) is 7.40. The second kappa shape index (κ2) is 15.2. The van der Waals surface area contributed by atoms with Crippen LogP contribution < -0.4 is 0 Å². The Hall–Kier alpha value is -1.74. The van der Waals surface area contributed by atoms with E-state index in [-0.39, 0.29) is 20.1 Å². The van der Waals surface area contributed by atoms with Crippen molar-refractivity contribution in [1.29, 1.82) is 0 Å². The van der Waals surface area contributed by atoms with Crippen molar-refractivity contribution in [2.75, 3.05) is 6.61 Å². The van der Waals surface area contributed by atoms with Crippen molar-refractivity contribution in [3.8, 4) is 0 Å². The molecule has 15 heteroatoms. The van der Waals surface area contributed by atoms with Crippen LogP contribution in [0, 0.1) is 34.9 Å². The zero-order valence-electron chi connectivity index (χ0n) is 16.0. The fraction of sp³-hybridized carbons (Fsp3) is 0.235. The molecule has 2 nitrogen and oxygen atoms in total. The number of carbonyl (C=O) groups excluding carboxylic acids is 1. The Morgan fingerprint density at radius 1 is 0.906 bits per heavy atom. The predicted molar refractivity (Wildman–Crippen MR) is 107 cm³/mol. The standard InChI is InChI=1S/C11H12F4O2S2.C6F6.H2S/c1-4-17-11(16)7(3)19-18-5-8(13)10(15)9(14)6(2)12;7-1-2(8)4(10)6(12)5(11)3(1)9;/h5,7H,2,4H2,1,3H3;;1H2/b8-5+,10-9-;;. The minimum Gasteiger partial charge on any atom is -0.465 e. The van der Waals surface area contributed by atoms with Crippen LogP contribution in [-0.4, -0.2) is 17.8 Å². The molecular formula is C17H14F10O2S3. The van der Waals surface area contributed by atoms with E-state index in [1.165, 1.54) is 6.92 Å². The number of rotatable bonds is 7. The molecule has 0 aliphatic heterocycles. The highest BCUT2D eigenvalue weighted by Gasteiger charge is 2.25. The molecule has 1 atom stereocenters. The van der Waals surface area contributed by atoms with Gasteiger partial charge in [0, 0.05) is 5.41 Å². The summed E-state index contributed by atoms with van der Waals surface area (Å²) in [5.74, 6) is -22.0. The van der Waals surface area contributed by atoms with E-state index in [1.807, 2.05) is 0 Å². The van der Waals surface area contributed by atoms with E-state index in [1.54, 1.807) is 6.92 Å². The lowest BCUT2D eigenvalue weighted by atomic mass is 10.3. The number of benzene rings is 1. The van der Waals surface area contributed by atoms with E-state index in [4.69, 9.17) is 0 Å². The van der Waals surface area contributed by atoms with E-state index in [2.05, 4.69) is 11.3 Å². The van der Waals surface area contributed by atoms with Crippen LogP contribution in [0.1, 0.15) is 13.8 Å². The third-order valence-corrected chi connectivity index (χ3v) is 5.15. The van der Waals surface area contributed by atoms with Gasteiger partial charge in [-0.2, -0.15) is 13.5 Å². The lowest BCUT2D eigenvalue weighted by Crippen LogP contribution is -2.15. The van der Waals surface area contributed by atoms with Crippen molar-refractivity contribution >= 4 is 41.1 Å². The molecule has 0 aliphatic rings. The largest absolute Gasteiger partial charge is 0.465 e. The molecule has 0 bridgehead atoms. The molecule has 182 valence electrons. The monoisotopic (exact) mass is 536 g/mol. The van der Waals surface area contributed by atoms with Crippen LogP contribution in [0.4, 0.5) is 43.9 Å². The minimum absolute atomic E-state index is 0. The van der Waals surface area contributed by atoms with E-state index >= 15 is 0 Å². The van der Waals surface area contributed by atoms with Gasteiger partial charge in [-0.05, 0) is 13.8 Å². The van der Waals surface area contributed by atoms with Crippen LogP contribution in [0.5, 0.6) is 0 Å². The normalized spacial score (nSPS) is 12.7. The van der Waals surface area contributed by atoms with Gasteiger partial charge >= 0.3 is 5.97 Å². The smallest absolute Gasteiger partial charge is 0.319 e. The van der Waals surface area contributed by atoms with Gasteiger partial charge in [0.2, 0.25) is 34.9 Å². The number of allylic oxidation sites excluding steroid dienone is 4. The maximum Gasteiger partial charge on any atom is 0.319 e. The Kier molecular flexibility index (Phi) is 15.4. The highest BCUT2D eigenvalue weighted by atomic mass is 33.1. The van der Waals surface area contributed by atoms with Gasteiger partial charge in [-0.25, -0.2) is 43.9 Å². The molecule has 1 aromatic carbocycles. The average molecular weight is 536 g/mol. The highest BCUT2D eigenvalue weighted by Crippen LogP contribution is 2.33. The number of carbonyl (C=O) groups is 1. The molecule has 0 N–H and O–H groups in total. The third-order valence-electron chi connectivity index (χ3n) is 2.77. The second-order valence-corrected chi connectivity index (χ2v) is 7.45. The Bertz CT molecular complexity index is 785. The molecule has 0 spiro atoms. The van der Waals surface area contributed by atoms with Crippen LogP contribution in [0.2, 0.25) is 0 Å². The number of halogens is 10. The maximum atomic E-state index is 13.0. The Labute approximate surface area is 190 Å². The van der Waals surface area contributed by atoms with Crippen LogP contribution >= 0.6 is 35.1 Å². The van der Waals surface area contributed by atoms with Gasteiger partial charge in [-0.1, -0.05) is 28.2 Å². The first kappa shape index (κ1) is 32.4. The topological polar surface area (TPSA) is 26.3 Å². The van der Waals surface area contributed by atoms with E-state index in [0.29, 0.717) is 16.2 Å². The number of hydrogen-bond donors (Lipinski definition) is 0. The summed E-state index contributed by atoms with van der Waals surface area (Å²) in [4.78, 5) is 11.2. The SMILES string of the molecule is C=C(F)/C(F)=C(F)\C(F)=C/SSC(C)C(=O)OCC.Fc1c(F)c(F)c(F)c(F)c1F.S. The Morgan fingerprint density at radius 3 is 1.59 bits per heavy atom. The molecule has 0 saturated heterocycles. The first-order valence-corrected chi connectivity index (χ1v) is 9.97. The zero-order valence-corrected chi connectivity index (χ0v) is 18.6. The van der Waals surface area contributed by atoms with Crippen molar-refractivity contribution in [2.45, 2.75) is 19.1 Å². The molecule has 0 radical (unpaired) electrons. The van der Waals surface area contributed by atoms with Gasteiger partial charge in [0.05, 0.1) is 6.61 Å². The van der Waals surface area contributed by atoms with Gasteiger partial charge in [0.25, 0.3) is 0 Å². The molecule has 0 fully saturated rings. The van der Waals surface area contributed by atoms with Gasteiger partial charge in [0.1, 0.15) is 5.25 Å². The molecule has 32 heavy (non-hydrogen) atoms. The first-order chi connectivity index (χ1) is 14.3. The summed E-state index contributed by atoms with van der Waals surface area (Å²) in [5.41, 5.74) is 0. The van der Waals surface area contributed by atoms with Crippen LogP contribution in [0.25, 0.3) is 0 Å². The van der Waals surface area contributed by atoms with Crippen molar-refractivity contribution in [2.24, 2.45) is 0 Å². The van der Waals surface area contributed by atoms with Gasteiger partial charge in [-0.15, -0.1) is 0 Å². The van der Waals surface area contributed by atoms with Gasteiger partial charge in [0.15, 0.2) is 23.3 Å². The Balaban J connectivity index is 0. The lowest BCUT2D eigenvalue weighted by Gasteiger charge is -2.07. The molecule has 0 saturated carbocycles. The molecule has 1 unspecified atom stereocenters. The quantitative estimate of drug-likeness (QED) is 0.0906. The van der Waals surface area contributed by atoms with E-state index < -0.39 is 69.4 Å². The van der Waals surface area contributed by atoms with Crippen LogP contribution in [0.15, 0.2) is 35.3 Å². The number of hydrogen-bond acceptors (Lipinski definition) is 4. The fourth-order valence-corrected chi connectivity index (χ4v) is 3.02. The molecule has 0 aromatic heterocycles. The Morgan fingerprint density at radius 2 is 1.28 bits per heavy atom. The summed E-state index contributed by atoms with van der Waals surface area (Å²) in [5, 5.41) is 0.0140. The van der Waals surface area contributed by atoms with Gasteiger partial charge in [-0.3, -0.25) is 4.79 Å². The number of esters is 1. The summed E-state index contributed by atoms with van der Waals surface area (Å²) in [6.45, 7) is 5.86. The van der Waals surface area contributed by atoms with E-state index in [9.17, 15) is 48.7 Å². The average Bonchev–Trinajstić information content (AvgIpc) is 2.74. The van der Waals surface area contributed by atoms with Crippen molar-refractivity contribution < 1.29 is 53.4 Å². The summed E-state index contributed by atoms with van der Waals surface area (Å²) in [6, 6.07) is 0.